The van der Waals surface area contributed by atoms with Gasteiger partial charge in [0.05, 0.1) is 24.3 Å². The van der Waals surface area contributed by atoms with Gasteiger partial charge in [0.15, 0.2) is 46.3 Å². The van der Waals surface area contributed by atoms with Gasteiger partial charge in [-0.05, 0) is 122 Å². The molecule has 1 aliphatic heterocycles. The van der Waals surface area contributed by atoms with Gasteiger partial charge in [-0.25, -0.2) is 39.6 Å². The van der Waals surface area contributed by atoms with Crippen LogP contribution in [-0.2, 0) is 9.31 Å². The number of fused-ring (bicyclic) bond motifs is 2. The predicted molar refractivity (Wildman–Crippen MR) is 437 cm³/mol. The lowest BCUT2D eigenvalue weighted by atomic mass is 9.75. The summed E-state index contributed by atoms with van der Waals surface area (Å²) >= 11 is 3.39. The quantitative estimate of drug-likeness (QED) is 0.0880. The zero-order valence-electron chi connectivity index (χ0n) is 58.7. The molecule has 10 nitrogen and oxygen atoms in total. The third-order valence-electron chi connectivity index (χ3n) is 19.4. The fourth-order valence-electron chi connectivity index (χ4n) is 13.1. The molecule has 1 aliphatic rings. The molecule has 1 saturated heterocycles. The van der Waals surface area contributed by atoms with Crippen LogP contribution < -0.4 is 5.46 Å². The van der Waals surface area contributed by atoms with Crippen molar-refractivity contribution in [2.75, 3.05) is 0 Å². The molecule has 3 heterocycles. The Hall–Kier alpha value is -12.9. The highest BCUT2D eigenvalue weighted by Crippen LogP contribution is 2.41. The minimum atomic E-state index is -0.423. The van der Waals surface area contributed by atoms with Gasteiger partial charge in [0, 0.05) is 37.9 Å². The fourth-order valence-corrected chi connectivity index (χ4v) is 13.4. The van der Waals surface area contributed by atoms with Gasteiger partial charge in [-0.15, -0.1) is 0 Å². The molecule has 0 amide bonds. The summed E-state index contributed by atoms with van der Waals surface area (Å²) < 4.78 is 13.9. The summed E-state index contributed by atoms with van der Waals surface area (Å²) in [6, 6.07) is 115. The van der Waals surface area contributed by atoms with Crippen molar-refractivity contribution in [1.82, 2.24) is 29.9 Å². The molecular weight excluding hydrogens is 1360 g/mol. The smallest absolute Gasteiger partial charge is 0.399 e. The van der Waals surface area contributed by atoms with Crippen molar-refractivity contribution in [1.29, 1.82) is 0 Å². The highest BCUT2D eigenvalue weighted by Gasteiger charge is 2.52. The maximum atomic E-state index is 7.55. The second-order valence-electron chi connectivity index (χ2n) is 26.6. The van der Waals surface area contributed by atoms with Crippen LogP contribution in [0.5, 0.6) is 0 Å². The van der Waals surface area contributed by atoms with E-state index in [0.717, 1.165) is 104 Å². The number of benzene rings is 14. The first kappa shape index (κ1) is 68.8. The Morgan fingerprint density at radius 3 is 0.811 bits per heavy atom. The Morgan fingerprint density at radius 1 is 0.255 bits per heavy atom. The zero-order valence-corrected chi connectivity index (χ0v) is 60.3. The van der Waals surface area contributed by atoms with Gasteiger partial charge in [-0.2, -0.15) is 0 Å². The van der Waals surface area contributed by atoms with Crippen LogP contribution in [0.15, 0.2) is 344 Å². The van der Waals surface area contributed by atoms with E-state index in [1.165, 1.54) is 16.3 Å². The maximum Gasteiger partial charge on any atom is 0.495 e. The van der Waals surface area contributed by atoms with Gasteiger partial charge >= 0.3 is 7.12 Å². The molecule has 16 aromatic rings. The highest BCUT2D eigenvalue weighted by molar-refractivity contribution is 9.10. The van der Waals surface area contributed by atoms with Gasteiger partial charge in [-0.1, -0.05) is 344 Å². The van der Waals surface area contributed by atoms with Crippen molar-refractivity contribution >= 4 is 61.4 Å². The summed E-state index contributed by atoms with van der Waals surface area (Å²) in [6.07, 6.45) is 0. The summed E-state index contributed by atoms with van der Waals surface area (Å²) in [5.74, 6) is 3.87. The topological polar surface area (TPSA) is 105 Å². The van der Waals surface area contributed by atoms with Gasteiger partial charge in [-0.3, -0.25) is 0 Å². The van der Waals surface area contributed by atoms with E-state index in [0.29, 0.717) is 46.3 Å². The molecule has 0 atom stereocenters. The molecule has 0 spiro atoms. The molecule has 506 valence electrons. The average molecular weight is 1430 g/mol. The first-order chi connectivity index (χ1) is 51.8. The molecule has 2 aromatic heterocycles. The van der Waals surface area contributed by atoms with Gasteiger partial charge in [0.25, 0.3) is 0 Å². The number of hydrogen-bond donors (Lipinski definition) is 0. The van der Waals surface area contributed by atoms with Crippen LogP contribution in [0.3, 0.4) is 0 Å². The fraction of sp³-hybridized carbons (Fsp3) is 0.0638. The molecule has 0 bridgehead atoms. The minimum absolute atomic E-state index is 0.400. The lowest BCUT2D eigenvalue weighted by Gasteiger charge is -2.32. The Kier molecular flexibility index (Phi) is 19.8. The SMILES string of the molecule is CC1(C)OB(c2ccc(-c3ccc(-c4nc(-c5ccccc5)nc(-c5ccccc5)n4)cc3)c3ccccc23)OC1(C)C.[C-]#[N+]c1ccccc1-c1ccc(-c2ccc(-c3ccc(-c4nc(-c5ccccc5)nc(-c5ccccc5)n4)cc3)c3ccccc23)cc1.[C-]#[N+]c1ccccc1-c1ccc(Br)cc1. The van der Waals surface area contributed by atoms with Crippen molar-refractivity contribution in [3.63, 3.8) is 0 Å². The standard InChI is InChI=1S/C44H28N4.C37H32BN3O2.C13H8BrN/c1-45-41-19-11-10-16-38(41)32-22-20-30(21-23-32)36-28-29-37(40-18-9-8-17-39(36)40)31-24-26-35(27-25-31)44-47-42(33-12-4-2-5-13-33)46-43(48-44)34-14-6-3-7-15-34;1-36(2)37(3,4)43-38(42-36)32-24-23-29(30-17-11-12-18-31(30)32)25-19-21-28(22-20-25)35-40-33(26-13-7-5-8-14-26)39-34(41-35)27-15-9-6-10-16-27;1-15-13-5-3-2-4-12(13)10-6-8-11(14)9-7-10/h2-29H;5-24H,1-4H3;2-9H. The number of aromatic nitrogens is 6. The zero-order chi connectivity index (χ0) is 72.6. The third kappa shape index (κ3) is 14.7. The van der Waals surface area contributed by atoms with Crippen LogP contribution in [0.25, 0.3) is 155 Å². The van der Waals surface area contributed by atoms with Gasteiger partial charge in [0.1, 0.15) is 0 Å². The van der Waals surface area contributed by atoms with E-state index >= 15 is 0 Å². The average Bonchev–Trinajstić information content (AvgIpc) is 1.44. The Balaban J connectivity index is 0.000000143. The van der Waals surface area contributed by atoms with Crippen molar-refractivity contribution in [3.8, 4) is 124 Å². The molecule has 0 saturated carbocycles. The molecule has 0 radical (unpaired) electrons. The minimum Gasteiger partial charge on any atom is -0.399 e. The van der Waals surface area contributed by atoms with Crippen molar-refractivity contribution in [2.24, 2.45) is 0 Å². The lowest BCUT2D eigenvalue weighted by Crippen LogP contribution is -2.41. The van der Waals surface area contributed by atoms with E-state index < -0.39 is 18.3 Å². The first-order valence-corrected chi connectivity index (χ1v) is 35.8. The Bertz CT molecular complexity index is 5790. The maximum absolute atomic E-state index is 7.55. The largest absolute Gasteiger partial charge is 0.495 e. The first-order valence-electron chi connectivity index (χ1n) is 35.0. The van der Waals surface area contributed by atoms with E-state index in [-0.39, 0.29) is 0 Å². The summed E-state index contributed by atoms with van der Waals surface area (Å²) in [5, 5.41) is 4.65. The molecule has 12 heteroatoms. The van der Waals surface area contributed by atoms with Crippen molar-refractivity contribution < 1.29 is 9.31 Å². The number of para-hydroxylation sites is 2. The van der Waals surface area contributed by atoms with Crippen LogP contribution in [0.1, 0.15) is 27.7 Å². The van der Waals surface area contributed by atoms with Gasteiger partial charge in [0.2, 0.25) is 0 Å². The van der Waals surface area contributed by atoms with E-state index in [2.05, 4.69) is 199 Å². The number of nitrogens with zero attached hydrogens (tertiary/aromatic N) is 8. The predicted octanol–water partition coefficient (Wildman–Crippen LogP) is 24.2. The third-order valence-corrected chi connectivity index (χ3v) is 19.9. The second-order valence-corrected chi connectivity index (χ2v) is 27.5. The van der Waals surface area contributed by atoms with E-state index in [1.807, 2.05) is 194 Å². The highest BCUT2D eigenvalue weighted by atomic mass is 79.9. The molecule has 106 heavy (non-hydrogen) atoms. The molecule has 1 fully saturated rings. The number of rotatable bonds is 12. The van der Waals surface area contributed by atoms with Crippen molar-refractivity contribution in [2.45, 2.75) is 38.9 Å². The number of hydrogen-bond acceptors (Lipinski definition) is 8. The monoisotopic (exact) mass is 1430 g/mol. The van der Waals surface area contributed by atoms with Gasteiger partial charge < -0.3 is 9.31 Å². The normalized spacial score (nSPS) is 12.6. The van der Waals surface area contributed by atoms with Crippen LogP contribution in [0.4, 0.5) is 11.4 Å². The molecule has 0 N–H and O–H groups in total. The van der Waals surface area contributed by atoms with Crippen LogP contribution in [0, 0.1) is 13.1 Å². The molecular formula is C94H68BBrN8O2. The van der Waals surface area contributed by atoms with E-state index in [4.69, 9.17) is 52.4 Å². The molecule has 0 aliphatic carbocycles. The van der Waals surface area contributed by atoms with Crippen LogP contribution in [-0.4, -0.2) is 48.2 Å². The summed E-state index contributed by atoms with van der Waals surface area (Å²) in [5.41, 5.74) is 18.1. The number of halogens is 1. The second kappa shape index (κ2) is 30.6. The van der Waals surface area contributed by atoms with Crippen molar-refractivity contribution in [3.05, 3.63) is 367 Å². The molecule has 0 unspecified atom stereocenters. The Morgan fingerprint density at radius 2 is 0.491 bits per heavy atom. The van der Waals surface area contributed by atoms with E-state index in [1.54, 1.807) is 0 Å². The van der Waals surface area contributed by atoms with Crippen LogP contribution >= 0.6 is 15.9 Å². The Labute approximate surface area is 626 Å². The molecule has 14 aromatic carbocycles. The van der Waals surface area contributed by atoms with Crippen LogP contribution in [0.2, 0.25) is 0 Å². The molecule has 17 rings (SSSR count). The summed E-state index contributed by atoms with van der Waals surface area (Å²) in [4.78, 5) is 36.4. The van der Waals surface area contributed by atoms with E-state index in [9.17, 15) is 0 Å². The summed E-state index contributed by atoms with van der Waals surface area (Å²) in [7, 11) is -0.423. The lowest BCUT2D eigenvalue weighted by molar-refractivity contribution is 0.00578. The summed E-state index contributed by atoms with van der Waals surface area (Å²) in [6.45, 7) is 23.0.